The predicted molar refractivity (Wildman–Crippen MR) is 49.8 cm³/mol. The van der Waals surface area contributed by atoms with Crippen LogP contribution in [0.2, 0.25) is 0 Å². The number of nitrogens with zero attached hydrogens (tertiary/aromatic N) is 2. The first-order chi connectivity index (χ1) is 5.97. The number of hydrogen-bond donors (Lipinski definition) is 2. The lowest BCUT2D eigenvalue weighted by Gasteiger charge is -2.26. The summed E-state index contributed by atoms with van der Waals surface area (Å²) in [6.07, 6.45) is 5.31. The molecule has 0 radical (unpaired) electrons. The normalized spacial score (nSPS) is 35.3. The lowest BCUT2D eigenvalue weighted by atomic mass is 10.1. The summed E-state index contributed by atoms with van der Waals surface area (Å²) >= 11 is 0. The van der Waals surface area contributed by atoms with Gasteiger partial charge in [0.05, 0.1) is 6.67 Å². The molecule has 0 aromatic rings. The molecule has 12 heavy (non-hydrogen) atoms. The van der Waals surface area contributed by atoms with Gasteiger partial charge in [0.2, 0.25) is 0 Å². The summed E-state index contributed by atoms with van der Waals surface area (Å²) in [7, 11) is 0. The number of aliphatic imine (C=N–C) groups is 2. The van der Waals surface area contributed by atoms with Crippen molar-refractivity contribution < 1.29 is 0 Å². The Labute approximate surface area is 72.2 Å². The first kappa shape index (κ1) is 7.89. The van der Waals surface area contributed by atoms with E-state index in [-0.39, 0.29) is 6.17 Å². The molecule has 0 saturated carbocycles. The quantitative estimate of drug-likeness (QED) is 0.558. The zero-order chi connectivity index (χ0) is 8.23. The number of rotatable bonds is 1. The maximum absolute atomic E-state index is 4.39. The smallest absolute Gasteiger partial charge is 0.108 e. The first-order valence-electron chi connectivity index (χ1n) is 4.42. The van der Waals surface area contributed by atoms with E-state index in [2.05, 4.69) is 20.6 Å². The molecule has 0 aromatic carbocycles. The minimum absolute atomic E-state index is 0.246. The molecule has 4 heteroatoms. The van der Waals surface area contributed by atoms with Crippen LogP contribution in [0.1, 0.15) is 6.42 Å². The Bertz CT molecular complexity index is 177. The standard InChI is InChI=1S/C8H14N4/c1-2-11-8(12-3-1)7-4-9-6-10-5-7/h2,4,7-8,10,12H,1,3,5-6H2. The zero-order valence-corrected chi connectivity index (χ0v) is 7.03. The third kappa shape index (κ3) is 1.70. The van der Waals surface area contributed by atoms with Gasteiger partial charge in [0.15, 0.2) is 0 Å². The molecule has 2 aliphatic rings. The van der Waals surface area contributed by atoms with Crippen molar-refractivity contribution in [3.05, 3.63) is 0 Å². The largest absolute Gasteiger partial charge is 0.298 e. The van der Waals surface area contributed by atoms with E-state index < -0.39 is 0 Å². The van der Waals surface area contributed by atoms with E-state index in [1.165, 1.54) is 0 Å². The zero-order valence-electron chi connectivity index (χ0n) is 7.03. The van der Waals surface area contributed by atoms with Crippen LogP contribution < -0.4 is 10.6 Å². The van der Waals surface area contributed by atoms with E-state index >= 15 is 0 Å². The molecule has 0 amide bonds. The van der Waals surface area contributed by atoms with Crippen molar-refractivity contribution in [2.45, 2.75) is 12.6 Å². The van der Waals surface area contributed by atoms with Crippen molar-refractivity contribution in [3.8, 4) is 0 Å². The van der Waals surface area contributed by atoms with Crippen molar-refractivity contribution in [1.82, 2.24) is 10.6 Å². The number of nitrogens with one attached hydrogen (secondary N) is 2. The Morgan fingerprint density at radius 2 is 2.42 bits per heavy atom. The average molecular weight is 166 g/mol. The van der Waals surface area contributed by atoms with Gasteiger partial charge in [-0.1, -0.05) is 0 Å². The maximum atomic E-state index is 4.39. The van der Waals surface area contributed by atoms with Crippen molar-refractivity contribution in [2.75, 3.05) is 19.8 Å². The van der Waals surface area contributed by atoms with Crippen LogP contribution in [-0.2, 0) is 0 Å². The predicted octanol–water partition coefficient (Wildman–Crippen LogP) is -0.376. The highest BCUT2D eigenvalue weighted by Gasteiger charge is 2.20. The van der Waals surface area contributed by atoms with Crippen LogP contribution in [-0.4, -0.2) is 38.4 Å². The van der Waals surface area contributed by atoms with Crippen molar-refractivity contribution in [1.29, 1.82) is 0 Å². The van der Waals surface area contributed by atoms with E-state index in [9.17, 15) is 0 Å². The molecule has 2 rings (SSSR count). The third-order valence-corrected chi connectivity index (χ3v) is 2.18. The fraction of sp³-hybridized carbons (Fsp3) is 0.750. The summed E-state index contributed by atoms with van der Waals surface area (Å²) in [5.41, 5.74) is 0. The highest BCUT2D eigenvalue weighted by atomic mass is 15.1. The fourth-order valence-corrected chi connectivity index (χ4v) is 1.53. The van der Waals surface area contributed by atoms with Gasteiger partial charge in [-0.25, -0.2) is 0 Å². The van der Waals surface area contributed by atoms with Gasteiger partial charge in [0, 0.05) is 31.4 Å². The molecule has 2 N–H and O–H groups in total. The summed E-state index contributed by atoms with van der Waals surface area (Å²) in [5.74, 6) is 0.426. The van der Waals surface area contributed by atoms with Crippen LogP contribution in [0.25, 0.3) is 0 Å². The maximum Gasteiger partial charge on any atom is 0.108 e. The molecule has 0 saturated heterocycles. The van der Waals surface area contributed by atoms with Crippen LogP contribution in [0, 0.1) is 5.92 Å². The monoisotopic (exact) mass is 166 g/mol. The number of hydrogen-bond acceptors (Lipinski definition) is 4. The molecular weight excluding hydrogens is 152 g/mol. The Hall–Kier alpha value is -0.740. The minimum atomic E-state index is 0.246. The molecular formula is C8H14N4. The summed E-state index contributed by atoms with van der Waals surface area (Å²) in [6.45, 7) is 2.78. The third-order valence-electron chi connectivity index (χ3n) is 2.18. The topological polar surface area (TPSA) is 48.8 Å². The van der Waals surface area contributed by atoms with Crippen molar-refractivity contribution in [2.24, 2.45) is 15.9 Å². The summed E-state index contributed by atoms with van der Waals surface area (Å²) in [6, 6.07) is 0. The van der Waals surface area contributed by atoms with Crippen molar-refractivity contribution in [3.63, 3.8) is 0 Å². The minimum Gasteiger partial charge on any atom is -0.298 e. The second-order valence-electron chi connectivity index (χ2n) is 3.13. The Morgan fingerprint density at radius 1 is 1.42 bits per heavy atom. The highest BCUT2D eigenvalue weighted by molar-refractivity contribution is 5.65. The van der Waals surface area contributed by atoms with Gasteiger partial charge in [0.1, 0.15) is 6.17 Å². The van der Waals surface area contributed by atoms with E-state index in [0.717, 1.165) is 26.2 Å². The summed E-state index contributed by atoms with van der Waals surface area (Å²) < 4.78 is 0. The molecule has 4 nitrogen and oxygen atoms in total. The van der Waals surface area contributed by atoms with Gasteiger partial charge in [-0.2, -0.15) is 0 Å². The average Bonchev–Trinajstić information content (AvgIpc) is 2.21. The van der Waals surface area contributed by atoms with E-state index in [1.54, 1.807) is 0 Å². The Kier molecular flexibility index (Phi) is 2.48. The van der Waals surface area contributed by atoms with E-state index in [1.807, 2.05) is 12.4 Å². The molecule has 0 aromatic heterocycles. The SMILES string of the molecule is C1=NCNCC1C1N=CCCN1. The van der Waals surface area contributed by atoms with Crippen LogP contribution in [0.3, 0.4) is 0 Å². The second-order valence-corrected chi connectivity index (χ2v) is 3.13. The first-order valence-corrected chi connectivity index (χ1v) is 4.42. The molecule has 2 heterocycles. The van der Waals surface area contributed by atoms with Gasteiger partial charge in [-0.3, -0.25) is 20.6 Å². The van der Waals surface area contributed by atoms with Gasteiger partial charge in [0.25, 0.3) is 0 Å². The van der Waals surface area contributed by atoms with E-state index in [4.69, 9.17) is 0 Å². The Balaban J connectivity index is 1.97. The highest BCUT2D eigenvalue weighted by Crippen LogP contribution is 2.06. The van der Waals surface area contributed by atoms with Crippen LogP contribution in [0.4, 0.5) is 0 Å². The fourth-order valence-electron chi connectivity index (χ4n) is 1.53. The summed E-state index contributed by atoms with van der Waals surface area (Å²) in [5, 5.41) is 6.58. The molecule has 0 spiro atoms. The summed E-state index contributed by atoms with van der Waals surface area (Å²) in [4.78, 5) is 8.57. The molecule has 0 bridgehead atoms. The van der Waals surface area contributed by atoms with Gasteiger partial charge >= 0.3 is 0 Å². The molecule has 2 aliphatic heterocycles. The van der Waals surface area contributed by atoms with Crippen LogP contribution >= 0.6 is 0 Å². The second kappa shape index (κ2) is 3.78. The van der Waals surface area contributed by atoms with Crippen LogP contribution in [0.15, 0.2) is 9.98 Å². The lowest BCUT2D eigenvalue weighted by molar-refractivity contribution is 0.411. The molecule has 2 atom stereocenters. The van der Waals surface area contributed by atoms with Gasteiger partial charge < -0.3 is 0 Å². The van der Waals surface area contributed by atoms with Crippen LogP contribution in [0.5, 0.6) is 0 Å². The van der Waals surface area contributed by atoms with E-state index in [0.29, 0.717) is 5.92 Å². The molecule has 0 aliphatic carbocycles. The molecule has 0 fully saturated rings. The lowest BCUT2D eigenvalue weighted by Crippen LogP contribution is -2.44. The molecule has 66 valence electrons. The molecule has 2 unspecified atom stereocenters. The van der Waals surface area contributed by atoms with Gasteiger partial charge in [-0.15, -0.1) is 0 Å². The van der Waals surface area contributed by atoms with Crippen molar-refractivity contribution >= 4 is 12.4 Å². The van der Waals surface area contributed by atoms with Gasteiger partial charge in [-0.05, 0) is 6.42 Å². The Morgan fingerprint density at radius 3 is 3.08 bits per heavy atom.